The predicted molar refractivity (Wildman–Crippen MR) is 132 cm³/mol. The summed E-state index contributed by atoms with van der Waals surface area (Å²) >= 11 is 0. The number of rotatable bonds is 5. The minimum Gasteiger partial charge on any atom is -0.456 e. The quantitative estimate of drug-likeness (QED) is 0.597. The lowest BCUT2D eigenvalue weighted by atomic mass is 9.76. The summed E-state index contributed by atoms with van der Waals surface area (Å²) in [5.74, 6) is 0.577. The van der Waals surface area contributed by atoms with Gasteiger partial charge in [-0.1, -0.05) is 6.92 Å². The predicted octanol–water partition coefficient (Wildman–Crippen LogP) is 1.80. The molecule has 2 aromatic heterocycles. The molecule has 0 bridgehead atoms. The van der Waals surface area contributed by atoms with E-state index in [0.29, 0.717) is 48.1 Å². The highest BCUT2D eigenvalue weighted by Gasteiger charge is 2.50. The van der Waals surface area contributed by atoms with Crippen molar-refractivity contribution in [2.75, 3.05) is 19.7 Å². The van der Waals surface area contributed by atoms with Gasteiger partial charge in [-0.2, -0.15) is 9.78 Å². The third-order valence-corrected chi connectivity index (χ3v) is 8.03. The minimum absolute atomic E-state index is 0.0534. The van der Waals surface area contributed by atoms with Gasteiger partial charge in [0.2, 0.25) is 5.91 Å². The van der Waals surface area contributed by atoms with Crippen LogP contribution in [0.4, 0.5) is 0 Å². The lowest BCUT2D eigenvalue weighted by Gasteiger charge is -2.28. The maximum Gasteiger partial charge on any atom is 0.336 e. The number of nitrogens with zero attached hydrogens (tertiary/aromatic N) is 8. The van der Waals surface area contributed by atoms with Gasteiger partial charge in [0.05, 0.1) is 28.9 Å². The van der Waals surface area contributed by atoms with Crippen molar-refractivity contribution in [2.45, 2.75) is 65.9 Å². The molecular formula is C25H32N8O4. The van der Waals surface area contributed by atoms with Crippen molar-refractivity contribution in [3.63, 3.8) is 0 Å². The summed E-state index contributed by atoms with van der Waals surface area (Å²) in [7, 11) is 0. The zero-order valence-electron chi connectivity index (χ0n) is 21.6. The Labute approximate surface area is 214 Å². The number of aromatic nitrogens is 6. The Morgan fingerprint density at radius 2 is 2.05 bits per heavy atom. The lowest BCUT2D eigenvalue weighted by molar-refractivity contribution is -0.137. The van der Waals surface area contributed by atoms with E-state index >= 15 is 0 Å². The summed E-state index contributed by atoms with van der Waals surface area (Å²) in [6.45, 7) is 8.53. The van der Waals surface area contributed by atoms with Crippen molar-refractivity contribution >= 4 is 17.6 Å². The van der Waals surface area contributed by atoms with Crippen LogP contribution in [0.3, 0.4) is 0 Å². The van der Waals surface area contributed by atoms with Crippen LogP contribution >= 0.6 is 0 Å². The number of likely N-dealkylation sites (tertiary alicyclic amines) is 1. The second-order valence-electron chi connectivity index (χ2n) is 10.5. The normalized spacial score (nSPS) is 26.4. The molecule has 0 radical (unpaired) electrons. The molecule has 5 rings (SSSR count). The number of aliphatic imine (C=N–C) groups is 1. The fourth-order valence-corrected chi connectivity index (χ4v) is 5.75. The highest BCUT2D eigenvalue weighted by atomic mass is 16.5. The molecule has 37 heavy (non-hydrogen) atoms. The van der Waals surface area contributed by atoms with E-state index in [2.05, 4.69) is 32.6 Å². The molecule has 4 heterocycles. The van der Waals surface area contributed by atoms with Crippen molar-refractivity contribution in [3.05, 3.63) is 34.4 Å². The summed E-state index contributed by atoms with van der Waals surface area (Å²) in [5, 5.41) is 30.6. The van der Waals surface area contributed by atoms with Gasteiger partial charge in [-0.15, -0.1) is 10.2 Å². The van der Waals surface area contributed by atoms with Crippen LogP contribution in [-0.4, -0.2) is 77.7 Å². The number of carbonyl (C=O) groups excluding carboxylic acids is 2. The Kier molecular flexibility index (Phi) is 6.61. The van der Waals surface area contributed by atoms with Crippen LogP contribution in [0.15, 0.2) is 22.6 Å². The molecule has 2 aromatic rings. The Bertz CT molecular complexity index is 1290. The number of aliphatic hydroxyl groups is 1. The Morgan fingerprint density at radius 3 is 2.76 bits per heavy atom. The van der Waals surface area contributed by atoms with Crippen LogP contribution in [0.25, 0.3) is 5.82 Å². The van der Waals surface area contributed by atoms with Crippen molar-refractivity contribution in [3.8, 4) is 5.82 Å². The molecule has 12 heteroatoms. The van der Waals surface area contributed by atoms with Gasteiger partial charge in [0.25, 0.3) is 0 Å². The smallest absolute Gasteiger partial charge is 0.336 e. The third-order valence-electron chi connectivity index (χ3n) is 8.03. The van der Waals surface area contributed by atoms with Crippen LogP contribution in [-0.2, 0) is 14.3 Å². The average molecular weight is 509 g/mol. The Morgan fingerprint density at radius 1 is 1.24 bits per heavy atom. The zero-order valence-corrected chi connectivity index (χ0v) is 21.6. The number of amides is 1. The van der Waals surface area contributed by atoms with Gasteiger partial charge in [0, 0.05) is 17.8 Å². The first-order valence-corrected chi connectivity index (χ1v) is 12.7. The van der Waals surface area contributed by atoms with Crippen LogP contribution in [0.5, 0.6) is 0 Å². The number of cyclic esters (lactones) is 1. The first-order chi connectivity index (χ1) is 17.7. The lowest BCUT2D eigenvalue weighted by Crippen LogP contribution is -2.36. The third kappa shape index (κ3) is 4.54. The molecule has 3 aliphatic rings. The molecule has 1 saturated heterocycles. The summed E-state index contributed by atoms with van der Waals surface area (Å²) < 4.78 is 6.59. The van der Waals surface area contributed by atoms with Crippen LogP contribution in [0.1, 0.15) is 68.9 Å². The van der Waals surface area contributed by atoms with Crippen LogP contribution in [0.2, 0.25) is 0 Å². The molecule has 1 N–H and O–H groups in total. The molecule has 1 saturated carbocycles. The number of ether oxygens (including phenoxy) is 1. The molecule has 2 aliphatic heterocycles. The first kappa shape index (κ1) is 25.1. The van der Waals surface area contributed by atoms with Crippen LogP contribution in [0, 0.1) is 25.2 Å². The van der Waals surface area contributed by atoms with Crippen molar-refractivity contribution < 1.29 is 19.4 Å². The van der Waals surface area contributed by atoms with Crippen molar-refractivity contribution in [1.29, 1.82) is 0 Å². The molecule has 3 atom stereocenters. The first-order valence-electron chi connectivity index (χ1n) is 12.7. The van der Waals surface area contributed by atoms with E-state index in [1.165, 1.54) is 11.0 Å². The topological polar surface area (TPSA) is 149 Å². The number of hydrogen-bond donors (Lipinski definition) is 1. The number of esters is 1. The van der Waals surface area contributed by atoms with Gasteiger partial charge < -0.3 is 14.7 Å². The van der Waals surface area contributed by atoms with Gasteiger partial charge in [-0.25, -0.2) is 4.79 Å². The summed E-state index contributed by atoms with van der Waals surface area (Å²) in [6, 6.07) is 0. The second-order valence-corrected chi connectivity index (χ2v) is 10.5. The molecule has 1 amide bonds. The number of aliphatic hydroxyl groups excluding tert-OH is 1. The van der Waals surface area contributed by atoms with Gasteiger partial charge in [-0.3, -0.25) is 9.79 Å². The fourth-order valence-electron chi connectivity index (χ4n) is 5.75. The number of tetrazole rings is 1. The Balaban J connectivity index is 1.34. The van der Waals surface area contributed by atoms with Gasteiger partial charge in [-0.05, 0) is 74.8 Å². The number of hydrogen-bond acceptors (Lipinski definition) is 10. The molecule has 12 nitrogen and oxygen atoms in total. The maximum absolute atomic E-state index is 13.7. The SMILES string of the molecule is CC1=C(N2CCC3(C/C(=N/C[C@H](O)c4nnc(-n5cnnn5)c(C)c4C)CCC(C)C3)C2=O)COC1=O. The molecule has 1 spiro atoms. The molecule has 196 valence electrons. The standard InChI is InChI=1S/C25H32N8O4/c1-14-5-6-18(10-25(9-14)7-8-32(24(25)36)19-12-37-23(35)17(19)4)26-11-20(34)21-15(2)16(3)22(29-28-21)33-13-27-30-31-33/h13-14,20,34H,5-12H2,1-4H3/b26-18+/t14?,20-,25?/m0/s1. The summed E-state index contributed by atoms with van der Waals surface area (Å²) in [5.41, 5.74) is 3.69. The van der Waals surface area contributed by atoms with Gasteiger partial charge in [0.15, 0.2) is 5.82 Å². The molecular weight excluding hydrogens is 476 g/mol. The van der Waals surface area contributed by atoms with E-state index in [4.69, 9.17) is 9.73 Å². The minimum atomic E-state index is -0.927. The van der Waals surface area contributed by atoms with E-state index in [1.807, 2.05) is 13.8 Å². The Hall–Kier alpha value is -3.54. The highest BCUT2D eigenvalue weighted by Crippen LogP contribution is 2.46. The van der Waals surface area contributed by atoms with E-state index in [-0.39, 0.29) is 25.0 Å². The molecule has 2 fully saturated rings. The van der Waals surface area contributed by atoms with E-state index in [0.717, 1.165) is 36.1 Å². The summed E-state index contributed by atoms with van der Waals surface area (Å²) in [4.78, 5) is 32.2. The molecule has 0 aromatic carbocycles. The zero-order chi connectivity index (χ0) is 26.3. The van der Waals surface area contributed by atoms with Gasteiger partial charge >= 0.3 is 5.97 Å². The summed E-state index contributed by atoms with van der Waals surface area (Å²) in [6.07, 6.45) is 4.30. The van der Waals surface area contributed by atoms with E-state index in [1.54, 1.807) is 11.8 Å². The fraction of sp³-hybridized carbons (Fsp3) is 0.600. The molecule has 1 aliphatic carbocycles. The molecule has 2 unspecified atom stereocenters. The maximum atomic E-state index is 13.7. The monoisotopic (exact) mass is 508 g/mol. The van der Waals surface area contributed by atoms with E-state index in [9.17, 15) is 14.7 Å². The van der Waals surface area contributed by atoms with Gasteiger partial charge in [0.1, 0.15) is 19.0 Å². The largest absolute Gasteiger partial charge is 0.456 e. The highest BCUT2D eigenvalue weighted by molar-refractivity contribution is 5.97. The van der Waals surface area contributed by atoms with Crippen molar-refractivity contribution in [2.24, 2.45) is 16.3 Å². The van der Waals surface area contributed by atoms with Crippen LogP contribution < -0.4 is 0 Å². The second kappa shape index (κ2) is 9.73. The van der Waals surface area contributed by atoms with E-state index < -0.39 is 11.5 Å². The van der Waals surface area contributed by atoms with Crippen molar-refractivity contribution in [1.82, 2.24) is 35.3 Å². The average Bonchev–Trinajstić information content (AvgIpc) is 3.56. The number of carbonyl (C=O) groups is 2.